The summed E-state index contributed by atoms with van der Waals surface area (Å²) in [5.74, 6) is -1.06. The van der Waals surface area contributed by atoms with E-state index in [9.17, 15) is 14.4 Å². The van der Waals surface area contributed by atoms with E-state index >= 15 is 0 Å². The molecule has 4 N–H and O–H groups in total. The molecule has 0 spiro atoms. The number of nitrogens with one attached hydrogen (secondary N) is 3. The number of hydrogen-bond acceptors (Lipinski definition) is 11. The summed E-state index contributed by atoms with van der Waals surface area (Å²) < 4.78 is 32.8. The molecule has 0 aliphatic rings. The molecule has 0 radical (unpaired) electrons. The van der Waals surface area contributed by atoms with E-state index in [4.69, 9.17) is 33.7 Å². The topological polar surface area (TPSA) is 172 Å². The maximum absolute atomic E-state index is 11.1. The van der Waals surface area contributed by atoms with Crippen molar-refractivity contribution >= 4 is 17.7 Å². The second-order valence-electron chi connectivity index (χ2n) is 7.32. The van der Waals surface area contributed by atoms with Gasteiger partial charge in [0.2, 0.25) is 17.7 Å². The molecule has 212 valence electrons. The van der Waals surface area contributed by atoms with E-state index in [0.717, 1.165) is 18.2 Å². The van der Waals surface area contributed by atoms with Crippen LogP contribution in [0.4, 0.5) is 0 Å². The number of hydrogen-bond donors (Lipinski definition) is 4. The first kappa shape index (κ1) is 34.3. The number of carbonyl (C=O) groups is 3. The third-order valence-electron chi connectivity index (χ3n) is 4.31. The van der Waals surface area contributed by atoms with Crippen molar-refractivity contribution in [1.29, 1.82) is 0 Å². The molecule has 3 amide bonds. The molecule has 0 rings (SSSR count). The van der Waals surface area contributed by atoms with Crippen LogP contribution in [0.5, 0.6) is 0 Å². The van der Waals surface area contributed by atoms with Gasteiger partial charge in [0.05, 0.1) is 71.5 Å². The lowest BCUT2D eigenvalue weighted by Crippen LogP contribution is -2.42. The standard InChI is InChI=1S/C23H39N3O11/c1-4-20(27)24-17-34-10-7-31-13-23(16-37-30,14-32-8-11-35-18-25-21(28)5-2)15-33-9-12-36-19-26-22(29)6-3/h4-6,30H,1-3,7-19H2,(H,24,27)(H,25,28)(H,26,29). The van der Waals surface area contributed by atoms with Crippen LogP contribution in [0.2, 0.25) is 0 Å². The van der Waals surface area contributed by atoms with Crippen molar-refractivity contribution < 1.29 is 52.9 Å². The zero-order valence-corrected chi connectivity index (χ0v) is 21.1. The lowest BCUT2D eigenvalue weighted by molar-refractivity contribution is -0.277. The first-order valence-corrected chi connectivity index (χ1v) is 11.4. The molecule has 0 bridgehead atoms. The molecule has 0 saturated carbocycles. The van der Waals surface area contributed by atoms with E-state index in [1.165, 1.54) is 0 Å². The lowest BCUT2D eigenvalue weighted by atomic mass is 9.92. The van der Waals surface area contributed by atoms with Crippen molar-refractivity contribution in [2.45, 2.75) is 0 Å². The molecule has 14 heteroatoms. The number of rotatable bonds is 26. The lowest BCUT2D eigenvalue weighted by Gasteiger charge is -2.31. The highest BCUT2D eigenvalue weighted by Crippen LogP contribution is 2.20. The van der Waals surface area contributed by atoms with Gasteiger partial charge in [-0.25, -0.2) is 4.89 Å². The summed E-state index contributed by atoms with van der Waals surface area (Å²) in [6.45, 7) is 11.3. The SMILES string of the molecule is C=CC(=O)NCOCCOCC(COO)(COCCOCNC(=O)C=C)COCCOCNC(=O)C=C. The van der Waals surface area contributed by atoms with Gasteiger partial charge in [0.1, 0.15) is 20.2 Å². The second-order valence-corrected chi connectivity index (χ2v) is 7.32. The van der Waals surface area contributed by atoms with Crippen LogP contribution in [0, 0.1) is 5.41 Å². The van der Waals surface area contributed by atoms with Gasteiger partial charge < -0.3 is 44.4 Å². The van der Waals surface area contributed by atoms with Crippen molar-refractivity contribution in [2.24, 2.45) is 5.41 Å². The van der Waals surface area contributed by atoms with Crippen LogP contribution in [0.3, 0.4) is 0 Å². The Labute approximate surface area is 216 Å². The fraction of sp³-hybridized carbons (Fsp3) is 0.609. The Morgan fingerprint density at radius 1 is 0.568 bits per heavy atom. The first-order chi connectivity index (χ1) is 17.9. The minimum atomic E-state index is -0.889. The van der Waals surface area contributed by atoms with Gasteiger partial charge in [0, 0.05) is 0 Å². The number of ether oxygens (including phenoxy) is 6. The van der Waals surface area contributed by atoms with E-state index in [1.54, 1.807) is 0 Å². The Hall–Kier alpha value is -2.69. The molecular weight excluding hydrogens is 494 g/mol. The number of amides is 3. The van der Waals surface area contributed by atoms with Crippen LogP contribution in [-0.4, -0.2) is 109 Å². The third kappa shape index (κ3) is 20.1. The smallest absolute Gasteiger partial charge is 0.245 e. The van der Waals surface area contributed by atoms with Crippen molar-refractivity contribution in [2.75, 3.05) is 86.3 Å². The van der Waals surface area contributed by atoms with Crippen molar-refractivity contribution in [3.63, 3.8) is 0 Å². The van der Waals surface area contributed by atoms with E-state index in [1.807, 2.05) is 0 Å². The molecule has 0 atom stereocenters. The Kier molecular flexibility index (Phi) is 22.0. The van der Waals surface area contributed by atoms with Gasteiger partial charge in [0.15, 0.2) is 0 Å². The van der Waals surface area contributed by atoms with Gasteiger partial charge in [-0.05, 0) is 18.2 Å². The minimum absolute atomic E-state index is 0.00579. The maximum atomic E-state index is 11.1. The van der Waals surface area contributed by atoms with E-state index < -0.39 is 5.41 Å². The molecule has 0 saturated heterocycles. The van der Waals surface area contributed by atoms with Gasteiger partial charge in [-0.15, -0.1) is 0 Å². The summed E-state index contributed by atoms with van der Waals surface area (Å²) in [6, 6.07) is 0. The summed E-state index contributed by atoms with van der Waals surface area (Å²) in [7, 11) is 0. The minimum Gasteiger partial charge on any atom is -0.378 e. The summed E-state index contributed by atoms with van der Waals surface area (Å²) in [6.07, 6.45) is 3.40. The summed E-state index contributed by atoms with van der Waals surface area (Å²) >= 11 is 0. The van der Waals surface area contributed by atoms with Gasteiger partial charge in [-0.3, -0.25) is 19.6 Å². The van der Waals surface area contributed by atoms with Crippen molar-refractivity contribution in [3.8, 4) is 0 Å². The molecule has 37 heavy (non-hydrogen) atoms. The van der Waals surface area contributed by atoms with Crippen LogP contribution in [-0.2, 0) is 47.7 Å². The van der Waals surface area contributed by atoms with E-state index in [-0.39, 0.29) is 104 Å². The molecule has 0 fully saturated rings. The Balaban J connectivity index is 4.56. The Bertz CT molecular complexity index is 593. The highest BCUT2D eigenvalue weighted by Gasteiger charge is 2.33. The molecule has 0 heterocycles. The molecular formula is C23H39N3O11. The average molecular weight is 534 g/mol. The molecule has 0 aliphatic heterocycles. The largest absolute Gasteiger partial charge is 0.378 e. The van der Waals surface area contributed by atoms with Crippen LogP contribution in [0.1, 0.15) is 0 Å². The molecule has 0 unspecified atom stereocenters. The van der Waals surface area contributed by atoms with Crippen LogP contribution in [0.15, 0.2) is 38.0 Å². The second kappa shape index (κ2) is 23.7. The Morgan fingerprint density at radius 3 is 1.14 bits per heavy atom. The van der Waals surface area contributed by atoms with Crippen LogP contribution < -0.4 is 16.0 Å². The van der Waals surface area contributed by atoms with Crippen molar-refractivity contribution in [1.82, 2.24) is 16.0 Å². The monoisotopic (exact) mass is 533 g/mol. The van der Waals surface area contributed by atoms with Crippen LogP contribution >= 0.6 is 0 Å². The highest BCUT2D eigenvalue weighted by molar-refractivity contribution is 5.87. The van der Waals surface area contributed by atoms with Gasteiger partial charge in [-0.1, -0.05) is 19.7 Å². The van der Waals surface area contributed by atoms with E-state index in [2.05, 4.69) is 40.6 Å². The summed E-state index contributed by atoms with van der Waals surface area (Å²) in [4.78, 5) is 37.7. The fourth-order valence-electron chi connectivity index (χ4n) is 2.41. The maximum Gasteiger partial charge on any atom is 0.245 e. The van der Waals surface area contributed by atoms with E-state index in [0.29, 0.717) is 0 Å². The average Bonchev–Trinajstić information content (AvgIpc) is 2.90. The van der Waals surface area contributed by atoms with Crippen molar-refractivity contribution in [3.05, 3.63) is 38.0 Å². The molecule has 0 aromatic heterocycles. The zero-order valence-electron chi connectivity index (χ0n) is 21.1. The predicted molar refractivity (Wildman–Crippen MR) is 131 cm³/mol. The quantitative estimate of drug-likeness (QED) is 0.0366. The van der Waals surface area contributed by atoms with Crippen LogP contribution in [0.25, 0.3) is 0 Å². The van der Waals surface area contributed by atoms with Gasteiger partial charge >= 0.3 is 0 Å². The molecule has 0 aromatic rings. The number of carbonyl (C=O) groups excluding carboxylic acids is 3. The predicted octanol–water partition coefficient (Wildman–Crippen LogP) is -0.659. The molecule has 0 aromatic carbocycles. The normalized spacial score (nSPS) is 10.9. The third-order valence-corrected chi connectivity index (χ3v) is 4.31. The fourth-order valence-corrected chi connectivity index (χ4v) is 2.41. The zero-order chi connectivity index (χ0) is 27.6. The highest BCUT2D eigenvalue weighted by atomic mass is 17.1. The molecule has 14 nitrogen and oxygen atoms in total. The summed E-state index contributed by atoms with van der Waals surface area (Å²) in [5, 5.41) is 16.6. The Morgan fingerprint density at radius 2 is 0.865 bits per heavy atom. The van der Waals surface area contributed by atoms with Gasteiger partial charge in [0.25, 0.3) is 0 Å². The first-order valence-electron chi connectivity index (χ1n) is 11.4. The van der Waals surface area contributed by atoms with Gasteiger partial charge in [-0.2, -0.15) is 0 Å². The summed E-state index contributed by atoms with van der Waals surface area (Å²) in [5.41, 5.74) is -0.889. The molecule has 0 aliphatic carbocycles.